The maximum absolute atomic E-state index is 5.35. The topological polar surface area (TPSA) is 26.0 Å². The van der Waals surface area contributed by atoms with Gasteiger partial charge in [-0.2, -0.15) is 0 Å². The lowest BCUT2D eigenvalue weighted by Crippen LogP contribution is -1.94. The molecule has 0 aliphatic rings. The van der Waals surface area contributed by atoms with Crippen molar-refractivity contribution < 1.29 is 0 Å². The Morgan fingerprint density at radius 1 is 1.00 bits per heavy atom. The van der Waals surface area contributed by atoms with Crippen LogP contribution in [0.2, 0.25) is 0 Å². The lowest BCUT2D eigenvalue weighted by molar-refractivity contribution is 1.07. The quantitative estimate of drug-likeness (QED) is 0.703. The molecule has 0 fully saturated rings. The van der Waals surface area contributed by atoms with E-state index in [2.05, 4.69) is 13.8 Å². The highest BCUT2D eigenvalue weighted by molar-refractivity contribution is 5.13. The SMILES string of the molecule is C.C.CCC.NCc1ccccc1. The zero-order valence-electron chi connectivity index (χ0n) is 7.38. The fourth-order valence-corrected chi connectivity index (χ4v) is 0.614. The first-order valence-corrected chi connectivity index (χ1v) is 4.09. The van der Waals surface area contributed by atoms with Crippen LogP contribution in [-0.4, -0.2) is 0 Å². The first kappa shape index (κ1) is 18.1. The van der Waals surface area contributed by atoms with Gasteiger partial charge in [0.1, 0.15) is 0 Å². The second kappa shape index (κ2) is 13.7. The van der Waals surface area contributed by atoms with Crippen molar-refractivity contribution in [3.05, 3.63) is 35.9 Å². The summed E-state index contributed by atoms with van der Waals surface area (Å²) in [5, 5.41) is 0. The Bertz CT molecular complexity index is 158. The van der Waals surface area contributed by atoms with Crippen molar-refractivity contribution in [3.8, 4) is 0 Å². The molecule has 0 aliphatic heterocycles. The highest BCUT2D eigenvalue weighted by Gasteiger charge is 1.80. The Morgan fingerprint density at radius 3 is 1.62 bits per heavy atom. The molecule has 0 atom stereocenters. The number of benzene rings is 1. The summed E-state index contributed by atoms with van der Waals surface area (Å²) in [5.74, 6) is 0. The van der Waals surface area contributed by atoms with Crippen LogP contribution in [-0.2, 0) is 6.54 Å². The van der Waals surface area contributed by atoms with Crippen LogP contribution in [0.5, 0.6) is 0 Å². The van der Waals surface area contributed by atoms with E-state index < -0.39 is 0 Å². The van der Waals surface area contributed by atoms with E-state index in [0.29, 0.717) is 6.54 Å². The van der Waals surface area contributed by atoms with E-state index in [0.717, 1.165) is 0 Å². The van der Waals surface area contributed by atoms with Gasteiger partial charge in [-0.05, 0) is 5.56 Å². The fraction of sp³-hybridized carbons (Fsp3) is 0.500. The molecular formula is C12H25N. The van der Waals surface area contributed by atoms with Crippen molar-refractivity contribution in [3.63, 3.8) is 0 Å². The summed E-state index contributed by atoms with van der Waals surface area (Å²) in [4.78, 5) is 0. The Kier molecular flexibility index (Phi) is 19.1. The standard InChI is InChI=1S/C7H9N.C3H8.2CH4/c8-6-7-4-2-1-3-5-7;1-3-2;;/h1-5H,6,8H2;3H2,1-2H3;2*1H4. The largest absolute Gasteiger partial charge is 0.326 e. The highest BCUT2D eigenvalue weighted by atomic mass is 14.5. The molecular weight excluding hydrogens is 158 g/mol. The van der Waals surface area contributed by atoms with Crippen molar-refractivity contribution >= 4 is 0 Å². The number of hydrogen-bond donors (Lipinski definition) is 1. The Hall–Kier alpha value is -0.820. The van der Waals surface area contributed by atoms with Crippen LogP contribution < -0.4 is 5.73 Å². The minimum Gasteiger partial charge on any atom is -0.326 e. The second-order valence-electron chi connectivity index (χ2n) is 2.40. The average Bonchev–Trinajstić information content (AvgIpc) is 2.08. The Balaban J connectivity index is -0.000000180. The van der Waals surface area contributed by atoms with Crippen LogP contribution >= 0.6 is 0 Å². The summed E-state index contributed by atoms with van der Waals surface area (Å²) < 4.78 is 0. The van der Waals surface area contributed by atoms with Gasteiger partial charge in [0.05, 0.1) is 0 Å². The van der Waals surface area contributed by atoms with Crippen molar-refractivity contribution in [1.82, 2.24) is 0 Å². The molecule has 0 unspecified atom stereocenters. The molecule has 1 rings (SSSR count). The van der Waals surface area contributed by atoms with Gasteiger partial charge in [-0.25, -0.2) is 0 Å². The Morgan fingerprint density at radius 2 is 1.38 bits per heavy atom. The molecule has 0 saturated heterocycles. The van der Waals surface area contributed by atoms with Gasteiger partial charge in [0, 0.05) is 6.54 Å². The number of rotatable bonds is 1. The summed E-state index contributed by atoms with van der Waals surface area (Å²) in [6.07, 6.45) is 1.25. The summed E-state index contributed by atoms with van der Waals surface area (Å²) in [7, 11) is 0. The third-order valence-electron chi connectivity index (χ3n) is 1.08. The highest BCUT2D eigenvalue weighted by Crippen LogP contribution is 1.94. The molecule has 2 N–H and O–H groups in total. The zero-order chi connectivity index (χ0) is 8.53. The number of hydrogen-bond acceptors (Lipinski definition) is 1. The van der Waals surface area contributed by atoms with Crippen molar-refractivity contribution in [1.29, 1.82) is 0 Å². The molecule has 1 aromatic carbocycles. The van der Waals surface area contributed by atoms with E-state index >= 15 is 0 Å². The van der Waals surface area contributed by atoms with Gasteiger partial charge in [-0.15, -0.1) is 0 Å². The van der Waals surface area contributed by atoms with E-state index in [1.54, 1.807) is 0 Å². The maximum Gasteiger partial charge on any atom is 0.0178 e. The molecule has 0 bridgehead atoms. The molecule has 0 amide bonds. The molecule has 1 heteroatoms. The average molecular weight is 183 g/mol. The van der Waals surface area contributed by atoms with E-state index in [9.17, 15) is 0 Å². The smallest absolute Gasteiger partial charge is 0.0178 e. The molecule has 0 aliphatic carbocycles. The molecule has 13 heavy (non-hydrogen) atoms. The van der Waals surface area contributed by atoms with Crippen LogP contribution in [0.4, 0.5) is 0 Å². The molecule has 1 nitrogen and oxygen atoms in total. The molecule has 0 radical (unpaired) electrons. The zero-order valence-corrected chi connectivity index (χ0v) is 7.38. The van der Waals surface area contributed by atoms with Crippen LogP contribution in [0, 0.1) is 0 Å². The van der Waals surface area contributed by atoms with Gasteiger partial charge in [-0.3, -0.25) is 0 Å². The molecule has 0 aromatic heterocycles. The first-order chi connectivity index (χ1) is 5.35. The first-order valence-electron chi connectivity index (χ1n) is 4.09. The van der Waals surface area contributed by atoms with Gasteiger partial charge < -0.3 is 5.73 Å². The van der Waals surface area contributed by atoms with Gasteiger partial charge in [0.2, 0.25) is 0 Å². The maximum atomic E-state index is 5.35. The van der Waals surface area contributed by atoms with E-state index in [1.807, 2.05) is 30.3 Å². The number of nitrogens with two attached hydrogens (primary N) is 1. The minimum absolute atomic E-state index is 0. The lowest BCUT2D eigenvalue weighted by atomic mass is 10.2. The van der Waals surface area contributed by atoms with Gasteiger partial charge >= 0.3 is 0 Å². The van der Waals surface area contributed by atoms with Crippen LogP contribution in [0.25, 0.3) is 0 Å². The normalized spacial score (nSPS) is 7.00. The second-order valence-corrected chi connectivity index (χ2v) is 2.40. The van der Waals surface area contributed by atoms with Crippen LogP contribution in [0.15, 0.2) is 30.3 Å². The molecule has 78 valence electrons. The summed E-state index contributed by atoms with van der Waals surface area (Å²) >= 11 is 0. The predicted molar refractivity (Wildman–Crippen MR) is 63.8 cm³/mol. The van der Waals surface area contributed by atoms with E-state index in [1.165, 1.54) is 12.0 Å². The third-order valence-corrected chi connectivity index (χ3v) is 1.08. The molecule has 0 spiro atoms. The van der Waals surface area contributed by atoms with Crippen LogP contribution in [0.1, 0.15) is 40.7 Å². The van der Waals surface area contributed by atoms with Crippen LogP contribution in [0.3, 0.4) is 0 Å². The molecule has 1 aromatic rings. The minimum atomic E-state index is 0. The van der Waals surface area contributed by atoms with Gasteiger partial charge in [0.25, 0.3) is 0 Å². The predicted octanol–water partition coefficient (Wildman–Crippen LogP) is 3.83. The van der Waals surface area contributed by atoms with Gasteiger partial charge in [-0.1, -0.05) is 65.5 Å². The van der Waals surface area contributed by atoms with E-state index in [4.69, 9.17) is 5.73 Å². The van der Waals surface area contributed by atoms with E-state index in [-0.39, 0.29) is 14.9 Å². The monoisotopic (exact) mass is 183 g/mol. The van der Waals surface area contributed by atoms with Crippen molar-refractivity contribution in [2.45, 2.75) is 41.7 Å². The lowest BCUT2D eigenvalue weighted by Gasteiger charge is -1.90. The summed E-state index contributed by atoms with van der Waals surface area (Å²) in [6, 6.07) is 9.99. The summed E-state index contributed by atoms with van der Waals surface area (Å²) in [6.45, 7) is 4.89. The van der Waals surface area contributed by atoms with Crippen molar-refractivity contribution in [2.24, 2.45) is 5.73 Å². The Labute approximate surface area is 84.0 Å². The summed E-state index contributed by atoms with van der Waals surface area (Å²) in [5.41, 5.74) is 6.54. The molecule has 0 saturated carbocycles. The fourth-order valence-electron chi connectivity index (χ4n) is 0.614. The van der Waals surface area contributed by atoms with Gasteiger partial charge in [0.15, 0.2) is 0 Å². The molecule has 0 heterocycles. The van der Waals surface area contributed by atoms with Crippen molar-refractivity contribution in [2.75, 3.05) is 0 Å². The third kappa shape index (κ3) is 11.2.